The van der Waals surface area contributed by atoms with E-state index in [1.165, 1.54) is 22.1 Å². The first-order valence-corrected chi connectivity index (χ1v) is 12.9. The highest BCUT2D eigenvalue weighted by Crippen LogP contribution is 2.45. The molecule has 2 bridgehead atoms. The summed E-state index contributed by atoms with van der Waals surface area (Å²) in [5, 5.41) is 1.27. The number of benzene rings is 2. The highest BCUT2D eigenvalue weighted by Gasteiger charge is 2.51. The SMILES string of the molecule is Cc1cccc(C2(C(=O)N3[C@H]4CC[C@H]3CC(Cc3cccc5ncccc35)C4)CCOCC2)c1. The summed E-state index contributed by atoms with van der Waals surface area (Å²) in [6.07, 6.45) is 9.04. The Hall–Kier alpha value is -2.72. The van der Waals surface area contributed by atoms with Gasteiger partial charge < -0.3 is 9.64 Å². The molecule has 0 unspecified atom stereocenters. The Kier molecular flexibility index (Phi) is 5.65. The number of nitrogens with zero attached hydrogens (tertiary/aromatic N) is 2. The van der Waals surface area contributed by atoms with Crippen molar-refractivity contribution in [3.63, 3.8) is 0 Å². The molecule has 0 N–H and O–H groups in total. The molecule has 4 heterocycles. The van der Waals surface area contributed by atoms with Gasteiger partial charge in [-0.3, -0.25) is 9.78 Å². The topological polar surface area (TPSA) is 42.4 Å². The molecule has 0 spiro atoms. The lowest BCUT2D eigenvalue weighted by Gasteiger charge is -2.46. The van der Waals surface area contributed by atoms with Gasteiger partial charge in [-0.25, -0.2) is 0 Å². The van der Waals surface area contributed by atoms with Crippen molar-refractivity contribution in [3.8, 4) is 0 Å². The Bertz CT molecular complexity index is 1180. The van der Waals surface area contributed by atoms with Gasteiger partial charge in [0, 0.05) is 36.9 Å². The number of ether oxygens (including phenoxy) is 1. The lowest BCUT2D eigenvalue weighted by Crippen LogP contribution is -2.56. The van der Waals surface area contributed by atoms with E-state index in [4.69, 9.17) is 4.74 Å². The molecule has 1 aromatic heterocycles. The zero-order chi connectivity index (χ0) is 23.1. The number of hydrogen-bond donors (Lipinski definition) is 0. The molecule has 3 saturated heterocycles. The van der Waals surface area contributed by atoms with Gasteiger partial charge in [0.1, 0.15) is 0 Å². The van der Waals surface area contributed by atoms with Crippen LogP contribution in [0.5, 0.6) is 0 Å². The Morgan fingerprint density at radius 2 is 1.79 bits per heavy atom. The zero-order valence-electron chi connectivity index (χ0n) is 20.1. The summed E-state index contributed by atoms with van der Waals surface area (Å²) in [6.45, 7) is 3.46. The van der Waals surface area contributed by atoms with Crippen LogP contribution in [0.2, 0.25) is 0 Å². The van der Waals surface area contributed by atoms with Crippen LogP contribution in [0.1, 0.15) is 55.2 Å². The molecule has 3 aliphatic rings. The normalized spacial score (nSPS) is 26.0. The molecule has 0 saturated carbocycles. The summed E-state index contributed by atoms with van der Waals surface area (Å²) in [7, 11) is 0. The second-order valence-corrected chi connectivity index (χ2v) is 10.7. The molecule has 2 atom stereocenters. The summed E-state index contributed by atoms with van der Waals surface area (Å²) in [5.41, 5.74) is 4.46. The second-order valence-electron chi connectivity index (χ2n) is 10.7. The predicted molar refractivity (Wildman–Crippen MR) is 135 cm³/mol. The summed E-state index contributed by atoms with van der Waals surface area (Å²) in [5.74, 6) is 0.985. The highest BCUT2D eigenvalue weighted by molar-refractivity contribution is 5.89. The van der Waals surface area contributed by atoms with E-state index < -0.39 is 5.41 Å². The summed E-state index contributed by atoms with van der Waals surface area (Å²) >= 11 is 0. The number of fused-ring (bicyclic) bond motifs is 3. The quantitative estimate of drug-likeness (QED) is 0.515. The molecule has 176 valence electrons. The van der Waals surface area contributed by atoms with Crippen molar-refractivity contribution in [1.82, 2.24) is 9.88 Å². The summed E-state index contributed by atoms with van der Waals surface area (Å²) in [4.78, 5) is 21.2. The second kappa shape index (κ2) is 8.81. The van der Waals surface area contributed by atoms with E-state index in [0.717, 1.165) is 50.5 Å². The average Bonchev–Trinajstić information content (AvgIpc) is 3.14. The minimum atomic E-state index is -0.431. The van der Waals surface area contributed by atoms with Gasteiger partial charge in [-0.2, -0.15) is 0 Å². The summed E-state index contributed by atoms with van der Waals surface area (Å²) < 4.78 is 5.73. The Labute approximate surface area is 202 Å². The van der Waals surface area contributed by atoms with Gasteiger partial charge >= 0.3 is 0 Å². The fraction of sp³-hybridized carbons (Fsp3) is 0.467. The molecule has 1 amide bonds. The van der Waals surface area contributed by atoms with Crippen molar-refractivity contribution in [3.05, 3.63) is 77.5 Å². The molecule has 0 aliphatic carbocycles. The number of amides is 1. The van der Waals surface area contributed by atoms with Crippen LogP contribution in [0, 0.1) is 12.8 Å². The Morgan fingerprint density at radius 1 is 1.03 bits per heavy atom. The van der Waals surface area contributed by atoms with E-state index in [0.29, 0.717) is 37.1 Å². The molecule has 4 nitrogen and oxygen atoms in total. The van der Waals surface area contributed by atoms with Crippen LogP contribution in [-0.2, 0) is 21.4 Å². The number of hydrogen-bond acceptors (Lipinski definition) is 3. The molecule has 3 aliphatic heterocycles. The fourth-order valence-corrected chi connectivity index (χ4v) is 6.98. The van der Waals surface area contributed by atoms with Gasteiger partial charge in [0.15, 0.2) is 0 Å². The average molecular weight is 455 g/mol. The van der Waals surface area contributed by atoms with E-state index in [9.17, 15) is 4.79 Å². The Morgan fingerprint density at radius 3 is 2.56 bits per heavy atom. The molecular weight excluding hydrogens is 420 g/mol. The van der Waals surface area contributed by atoms with Crippen LogP contribution in [0.3, 0.4) is 0 Å². The number of carbonyl (C=O) groups is 1. The third-order valence-electron chi connectivity index (χ3n) is 8.64. The largest absolute Gasteiger partial charge is 0.381 e. The van der Waals surface area contributed by atoms with Crippen LogP contribution in [0.25, 0.3) is 10.9 Å². The standard InChI is InChI=1S/C30H34N2O2/c1-21-5-2-7-24(17-21)30(12-15-34-16-13-30)29(33)32-25-10-11-26(32)20-22(19-25)18-23-6-3-9-28-27(23)8-4-14-31-28/h2-9,14,17,22,25-26H,10-13,15-16,18-20H2,1H3/t25-,26-/m0/s1. The van der Waals surface area contributed by atoms with Crippen LogP contribution in [-0.4, -0.2) is 41.1 Å². The maximum Gasteiger partial charge on any atom is 0.233 e. The molecule has 2 aromatic carbocycles. The first kappa shape index (κ1) is 21.8. The minimum Gasteiger partial charge on any atom is -0.381 e. The lowest BCUT2D eigenvalue weighted by molar-refractivity contribution is -0.146. The number of rotatable bonds is 4. The minimum absolute atomic E-state index is 0.363. The van der Waals surface area contributed by atoms with Crippen LogP contribution < -0.4 is 0 Å². The molecule has 0 radical (unpaired) electrons. The van der Waals surface area contributed by atoms with Crippen LogP contribution in [0.15, 0.2) is 60.8 Å². The first-order valence-electron chi connectivity index (χ1n) is 12.9. The maximum atomic E-state index is 14.3. The molecule has 3 aromatic rings. The highest BCUT2D eigenvalue weighted by atomic mass is 16.5. The maximum absolute atomic E-state index is 14.3. The van der Waals surface area contributed by atoms with Gasteiger partial charge in [-0.05, 0) is 81.0 Å². The number of aryl methyl sites for hydroxylation is 1. The van der Waals surface area contributed by atoms with E-state index >= 15 is 0 Å². The smallest absolute Gasteiger partial charge is 0.233 e. The summed E-state index contributed by atoms with van der Waals surface area (Å²) in [6, 6.07) is 20.1. The van der Waals surface area contributed by atoms with Crippen molar-refractivity contribution in [1.29, 1.82) is 0 Å². The Balaban J connectivity index is 1.25. The van der Waals surface area contributed by atoms with E-state index in [1.807, 2.05) is 12.3 Å². The number of piperidine rings is 1. The van der Waals surface area contributed by atoms with Gasteiger partial charge in [-0.15, -0.1) is 0 Å². The third kappa shape index (κ3) is 3.73. The third-order valence-corrected chi connectivity index (χ3v) is 8.64. The lowest BCUT2D eigenvalue weighted by atomic mass is 9.71. The van der Waals surface area contributed by atoms with E-state index in [-0.39, 0.29) is 0 Å². The van der Waals surface area contributed by atoms with Crippen molar-refractivity contribution >= 4 is 16.8 Å². The van der Waals surface area contributed by atoms with E-state index in [1.54, 1.807) is 0 Å². The van der Waals surface area contributed by atoms with Crippen LogP contribution in [0.4, 0.5) is 0 Å². The van der Waals surface area contributed by atoms with Crippen molar-refractivity contribution in [2.24, 2.45) is 5.92 Å². The van der Waals surface area contributed by atoms with Crippen molar-refractivity contribution < 1.29 is 9.53 Å². The first-order chi connectivity index (χ1) is 16.6. The number of pyridine rings is 1. The molecule has 3 fully saturated rings. The van der Waals surface area contributed by atoms with Crippen LogP contribution >= 0.6 is 0 Å². The van der Waals surface area contributed by atoms with Crippen molar-refractivity contribution in [2.45, 2.75) is 69.4 Å². The van der Waals surface area contributed by atoms with E-state index in [2.05, 4.69) is 65.3 Å². The van der Waals surface area contributed by atoms with Gasteiger partial charge in [0.2, 0.25) is 5.91 Å². The predicted octanol–water partition coefficient (Wildman–Crippen LogP) is 5.60. The fourth-order valence-electron chi connectivity index (χ4n) is 6.98. The monoisotopic (exact) mass is 454 g/mol. The van der Waals surface area contributed by atoms with Gasteiger partial charge in [0.25, 0.3) is 0 Å². The molecule has 6 rings (SSSR count). The van der Waals surface area contributed by atoms with Gasteiger partial charge in [-0.1, -0.05) is 48.0 Å². The van der Waals surface area contributed by atoms with Gasteiger partial charge in [0.05, 0.1) is 10.9 Å². The molecule has 34 heavy (non-hydrogen) atoms. The molecule has 4 heteroatoms. The zero-order valence-corrected chi connectivity index (χ0v) is 20.1. The molecular formula is C30H34N2O2. The number of aromatic nitrogens is 1. The van der Waals surface area contributed by atoms with Crippen molar-refractivity contribution in [2.75, 3.05) is 13.2 Å². The number of carbonyl (C=O) groups excluding carboxylic acids is 1.